The van der Waals surface area contributed by atoms with Gasteiger partial charge in [-0.15, -0.1) is 6.58 Å². The first-order valence-electron chi connectivity index (χ1n) is 8.61. The first-order valence-corrected chi connectivity index (χ1v) is 10.1. The standard InChI is InChI=1S/C20H24N2O5S/c1-4-11-22-28(24,25)18-7-5-6-16(14-18)20(23)21-12-10-15-13-17(26-2)8-9-19(15)27-3/h4-9,13-14,22H,1,10-12H2,2-3H3,(H,21,23). The molecule has 2 aromatic rings. The van der Waals surface area contributed by atoms with Crippen LogP contribution in [0.15, 0.2) is 60.0 Å². The second-order valence-electron chi connectivity index (χ2n) is 5.85. The van der Waals surface area contributed by atoms with E-state index in [9.17, 15) is 13.2 Å². The van der Waals surface area contributed by atoms with Crippen LogP contribution in [0.5, 0.6) is 11.5 Å². The summed E-state index contributed by atoms with van der Waals surface area (Å²) in [4.78, 5) is 12.4. The van der Waals surface area contributed by atoms with Gasteiger partial charge in [0.2, 0.25) is 10.0 Å². The highest BCUT2D eigenvalue weighted by Crippen LogP contribution is 2.24. The van der Waals surface area contributed by atoms with Crippen LogP contribution in [0, 0.1) is 0 Å². The lowest BCUT2D eigenvalue weighted by atomic mass is 10.1. The maximum atomic E-state index is 12.4. The van der Waals surface area contributed by atoms with Gasteiger partial charge in [0, 0.05) is 18.7 Å². The second kappa shape index (κ2) is 9.91. The number of nitrogens with one attached hydrogen (secondary N) is 2. The fraction of sp³-hybridized carbons (Fsp3) is 0.250. The normalized spacial score (nSPS) is 10.9. The summed E-state index contributed by atoms with van der Waals surface area (Å²) in [7, 11) is -0.529. The largest absolute Gasteiger partial charge is 0.497 e. The number of sulfonamides is 1. The van der Waals surface area contributed by atoms with E-state index in [4.69, 9.17) is 9.47 Å². The Bertz CT molecular complexity index is 941. The number of ether oxygens (including phenoxy) is 2. The van der Waals surface area contributed by atoms with Crippen LogP contribution in [0.1, 0.15) is 15.9 Å². The van der Waals surface area contributed by atoms with Crippen molar-refractivity contribution in [2.75, 3.05) is 27.3 Å². The molecule has 2 N–H and O–H groups in total. The van der Waals surface area contributed by atoms with Gasteiger partial charge in [-0.1, -0.05) is 12.1 Å². The third kappa shape index (κ3) is 5.58. The highest BCUT2D eigenvalue weighted by atomic mass is 32.2. The third-order valence-electron chi connectivity index (χ3n) is 3.99. The molecule has 0 saturated carbocycles. The molecule has 1 amide bonds. The topological polar surface area (TPSA) is 93.7 Å². The maximum absolute atomic E-state index is 12.4. The van der Waals surface area contributed by atoms with Crippen LogP contribution < -0.4 is 19.5 Å². The predicted octanol–water partition coefficient (Wildman–Crippen LogP) is 2.14. The Balaban J connectivity index is 2.04. The van der Waals surface area contributed by atoms with Gasteiger partial charge in [-0.3, -0.25) is 4.79 Å². The maximum Gasteiger partial charge on any atom is 0.251 e. The molecule has 0 spiro atoms. The molecular weight excluding hydrogens is 380 g/mol. The minimum Gasteiger partial charge on any atom is -0.497 e. The van der Waals surface area contributed by atoms with E-state index in [0.29, 0.717) is 24.5 Å². The van der Waals surface area contributed by atoms with Crippen molar-refractivity contribution in [1.29, 1.82) is 0 Å². The zero-order chi connectivity index (χ0) is 20.6. The summed E-state index contributed by atoms with van der Waals surface area (Å²) in [5, 5.41) is 2.79. The SMILES string of the molecule is C=CCNS(=O)(=O)c1cccc(C(=O)NCCc2cc(OC)ccc2OC)c1. The summed E-state index contributed by atoms with van der Waals surface area (Å²) in [6.45, 7) is 3.94. The van der Waals surface area contributed by atoms with Gasteiger partial charge < -0.3 is 14.8 Å². The monoisotopic (exact) mass is 404 g/mol. The molecule has 0 aliphatic rings. The Hall–Kier alpha value is -2.84. The summed E-state index contributed by atoms with van der Waals surface area (Å²) < 4.78 is 37.3. The summed E-state index contributed by atoms with van der Waals surface area (Å²) in [5.74, 6) is 1.05. The second-order valence-corrected chi connectivity index (χ2v) is 7.62. The minimum atomic E-state index is -3.69. The van der Waals surface area contributed by atoms with Crippen LogP contribution in [0.2, 0.25) is 0 Å². The molecule has 0 saturated heterocycles. The van der Waals surface area contributed by atoms with Crippen molar-refractivity contribution in [2.45, 2.75) is 11.3 Å². The van der Waals surface area contributed by atoms with Gasteiger partial charge in [0.15, 0.2) is 0 Å². The number of carbonyl (C=O) groups is 1. The predicted molar refractivity (Wildman–Crippen MR) is 107 cm³/mol. The quantitative estimate of drug-likeness (QED) is 0.592. The molecule has 0 fully saturated rings. The molecule has 0 bridgehead atoms. The molecule has 7 nitrogen and oxygen atoms in total. The van der Waals surface area contributed by atoms with Crippen LogP contribution in [-0.4, -0.2) is 41.6 Å². The van der Waals surface area contributed by atoms with E-state index in [-0.39, 0.29) is 22.9 Å². The summed E-state index contributed by atoms with van der Waals surface area (Å²) >= 11 is 0. The van der Waals surface area contributed by atoms with Crippen LogP contribution in [0.4, 0.5) is 0 Å². The molecule has 28 heavy (non-hydrogen) atoms. The number of rotatable bonds is 10. The van der Waals surface area contributed by atoms with Crippen molar-refractivity contribution in [2.24, 2.45) is 0 Å². The van der Waals surface area contributed by atoms with Gasteiger partial charge in [-0.05, 0) is 48.4 Å². The molecule has 0 heterocycles. The molecule has 0 radical (unpaired) electrons. The zero-order valence-electron chi connectivity index (χ0n) is 15.9. The molecule has 0 atom stereocenters. The average molecular weight is 404 g/mol. The first kappa shape index (κ1) is 21.5. The molecule has 0 aliphatic heterocycles. The van der Waals surface area contributed by atoms with Crippen molar-refractivity contribution < 1.29 is 22.7 Å². The number of amides is 1. The van der Waals surface area contributed by atoms with Crippen LogP contribution in [0.3, 0.4) is 0 Å². The summed E-state index contributed by atoms with van der Waals surface area (Å²) in [5.41, 5.74) is 1.16. The lowest BCUT2D eigenvalue weighted by molar-refractivity contribution is 0.0954. The number of hydrogen-bond acceptors (Lipinski definition) is 5. The number of carbonyl (C=O) groups excluding carboxylic acids is 1. The van der Waals surface area contributed by atoms with E-state index < -0.39 is 10.0 Å². The van der Waals surface area contributed by atoms with Gasteiger partial charge in [0.05, 0.1) is 19.1 Å². The lowest BCUT2D eigenvalue weighted by Crippen LogP contribution is -2.27. The van der Waals surface area contributed by atoms with Gasteiger partial charge >= 0.3 is 0 Å². The van der Waals surface area contributed by atoms with E-state index in [1.54, 1.807) is 32.4 Å². The highest BCUT2D eigenvalue weighted by molar-refractivity contribution is 7.89. The van der Waals surface area contributed by atoms with Crippen molar-refractivity contribution in [1.82, 2.24) is 10.0 Å². The molecule has 2 rings (SSSR count). The average Bonchev–Trinajstić information content (AvgIpc) is 2.72. The van der Waals surface area contributed by atoms with Crippen molar-refractivity contribution in [3.63, 3.8) is 0 Å². The number of methoxy groups -OCH3 is 2. The van der Waals surface area contributed by atoms with Gasteiger partial charge in [-0.2, -0.15) is 0 Å². The van der Waals surface area contributed by atoms with E-state index in [1.807, 2.05) is 6.07 Å². The minimum absolute atomic E-state index is 0.0245. The fourth-order valence-electron chi connectivity index (χ4n) is 2.55. The Kier molecular flexibility index (Phi) is 7.60. The molecule has 2 aromatic carbocycles. The fourth-order valence-corrected chi connectivity index (χ4v) is 3.59. The first-order chi connectivity index (χ1) is 13.4. The van der Waals surface area contributed by atoms with E-state index in [1.165, 1.54) is 24.3 Å². The zero-order valence-corrected chi connectivity index (χ0v) is 16.7. The van der Waals surface area contributed by atoms with Crippen molar-refractivity contribution in [3.05, 3.63) is 66.2 Å². The molecule has 0 aliphatic carbocycles. The smallest absolute Gasteiger partial charge is 0.251 e. The molecule has 150 valence electrons. The summed E-state index contributed by atoms with van der Waals surface area (Å²) in [6.07, 6.45) is 1.98. The lowest BCUT2D eigenvalue weighted by Gasteiger charge is -2.11. The van der Waals surface area contributed by atoms with Crippen LogP contribution in [0.25, 0.3) is 0 Å². The summed E-state index contributed by atoms with van der Waals surface area (Å²) in [6, 6.07) is 11.3. The van der Waals surface area contributed by atoms with E-state index >= 15 is 0 Å². The van der Waals surface area contributed by atoms with Crippen molar-refractivity contribution in [3.8, 4) is 11.5 Å². The van der Waals surface area contributed by atoms with E-state index in [0.717, 1.165) is 5.56 Å². The van der Waals surface area contributed by atoms with Crippen LogP contribution in [-0.2, 0) is 16.4 Å². The Morgan fingerprint density at radius 1 is 1.14 bits per heavy atom. The van der Waals surface area contributed by atoms with Crippen LogP contribution >= 0.6 is 0 Å². The number of hydrogen-bond donors (Lipinski definition) is 2. The molecule has 8 heteroatoms. The van der Waals surface area contributed by atoms with Gasteiger partial charge in [-0.25, -0.2) is 13.1 Å². The molecular formula is C20H24N2O5S. The Morgan fingerprint density at radius 3 is 2.61 bits per heavy atom. The Labute approximate surface area is 165 Å². The van der Waals surface area contributed by atoms with Crippen molar-refractivity contribution >= 4 is 15.9 Å². The third-order valence-corrected chi connectivity index (χ3v) is 5.41. The number of benzene rings is 2. The van der Waals surface area contributed by atoms with Gasteiger partial charge in [0.1, 0.15) is 11.5 Å². The van der Waals surface area contributed by atoms with Gasteiger partial charge in [0.25, 0.3) is 5.91 Å². The molecule has 0 unspecified atom stereocenters. The van der Waals surface area contributed by atoms with E-state index in [2.05, 4.69) is 16.6 Å². The highest BCUT2D eigenvalue weighted by Gasteiger charge is 2.15. The Morgan fingerprint density at radius 2 is 1.93 bits per heavy atom. The molecule has 0 aromatic heterocycles.